The molecule has 1 heterocycles. The molecule has 0 amide bonds. The molecular weight excluding hydrogens is 419 g/mol. The fraction of sp³-hybridized carbons (Fsp3) is 0.765. The third-order valence-electron chi connectivity index (χ3n) is 4.25. The molecule has 1 aromatic heterocycles. The Balaban J connectivity index is 0.00000288. The van der Waals surface area contributed by atoms with E-state index in [-0.39, 0.29) is 24.0 Å². The highest BCUT2D eigenvalue weighted by molar-refractivity contribution is 14.0. The average molecular weight is 450 g/mol. The third-order valence-corrected chi connectivity index (χ3v) is 4.25. The Bertz CT molecular complexity index is 477. The number of oxazole rings is 1. The van der Waals surface area contributed by atoms with E-state index in [9.17, 15) is 0 Å². The van der Waals surface area contributed by atoms with E-state index in [1.165, 1.54) is 38.5 Å². The zero-order chi connectivity index (χ0) is 16.5. The number of hydrogen-bond acceptors (Lipinski definition) is 4. The zero-order valence-corrected chi connectivity index (χ0v) is 17.4. The van der Waals surface area contributed by atoms with Gasteiger partial charge in [0.25, 0.3) is 0 Å². The molecule has 0 spiro atoms. The summed E-state index contributed by atoms with van der Waals surface area (Å²) in [7, 11) is 1.76. The normalized spacial score (nSPS) is 16.4. The van der Waals surface area contributed by atoms with Crippen LogP contribution in [-0.2, 0) is 11.3 Å². The first-order valence-corrected chi connectivity index (χ1v) is 8.68. The molecule has 1 saturated carbocycles. The lowest BCUT2D eigenvalue weighted by atomic mass is 10.1. The summed E-state index contributed by atoms with van der Waals surface area (Å²) >= 11 is 0. The highest BCUT2D eigenvalue weighted by atomic mass is 127. The lowest BCUT2D eigenvalue weighted by molar-refractivity contribution is 0.0468. The van der Waals surface area contributed by atoms with Crippen molar-refractivity contribution in [3.63, 3.8) is 0 Å². The number of halogens is 1. The molecule has 0 bridgehead atoms. The number of rotatable bonds is 6. The summed E-state index contributed by atoms with van der Waals surface area (Å²) in [6.45, 7) is 5.85. The van der Waals surface area contributed by atoms with E-state index < -0.39 is 0 Å². The molecule has 0 aromatic carbocycles. The molecule has 1 aromatic rings. The Morgan fingerprint density at radius 3 is 2.50 bits per heavy atom. The maximum Gasteiger partial charge on any atom is 0.214 e. The molecule has 0 radical (unpaired) electrons. The van der Waals surface area contributed by atoms with Gasteiger partial charge in [-0.05, 0) is 26.7 Å². The standard InChI is InChI=1S/C17H30N4O2.HI/c1-13-14(2)23-16(21-13)12-20-17(18-3)19-10-11-22-15-8-6-4-5-7-9-15;/h15H,4-12H2,1-3H3,(H2,18,19,20);1H. The van der Waals surface area contributed by atoms with Gasteiger partial charge in [0.1, 0.15) is 5.76 Å². The van der Waals surface area contributed by atoms with Crippen LogP contribution < -0.4 is 10.6 Å². The summed E-state index contributed by atoms with van der Waals surface area (Å²) in [6, 6.07) is 0. The Kier molecular flexibility index (Phi) is 10.3. The highest BCUT2D eigenvalue weighted by Crippen LogP contribution is 2.19. The lowest BCUT2D eigenvalue weighted by Crippen LogP contribution is -2.39. The topological polar surface area (TPSA) is 71.7 Å². The van der Waals surface area contributed by atoms with E-state index in [1.54, 1.807) is 7.05 Å². The molecule has 7 heteroatoms. The van der Waals surface area contributed by atoms with E-state index in [0.29, 0.717) is 25.1 Å². The molecule has 138 valence electrons. The van der Waals surface area contributed by atoms with Crippen molar-refractivity contribution in [1.82, 2.24) is 15.6 Å². The van der Waals surface area contributed by atoms with Crippen molar-refractivity contribution < 1.29 is 9.15 Å². The number of aryl methyl sites for hydroxylation is 2. The molecule has 24 heavy (non-hydrogen) atoms. The van der Waals surface area contributed by atoms with Crippen molar-refractivity contribution in [3.05, 3.63) is 17.3 Å². The Morgan fingerprint density at radius 2 is 1.92 bits per heavy atom. The molecule has 0 unspecified atom stereocenters. The van der Waals surface area contributed by atoms with Crippen molar-refractivity contribution in [2.45, 2.75) is 65.0 Å². The Hall–Kier alpha value is -0.830. The van der Waals surface area contributed by atoms with Crippen LogP contribution in [0.5, 0.6) is 0 Å². The summed E-state index contributed by atoms with van der Waals surface area (Å²) in [6.07, 6.45) is 8.16. The van der Waals surface area contributed by atoms with E-state index in [2.05, 4.69) is 20.6 Å². The number of aliphatic imine (C=N–C) groups is 1. The second kappa shape index (κ2) is 11.7. The number of hydrogen-bond donors (Lipinski definition) is 2. The van der Waals surface area contributed by atoms with Crippen molar-refractivity contribution >= 4 is 29.9 Å². The smallest absolute Gasteiger partial charge is 0.214 e. The molecule has 2 N–H and O–H groups in total. The zero-order valence-electron chi connectivity index (χ0n) is 15.1. The highest BCUT2D eigenvalue weighted by Gasteiger charge is 2.12. The van der Waals surface area contributed by atoms with Gasteiger partial charge >= 0.3 is 0 Å². The largest absolute Gasteiger partial charge is 0.444 e. The predicted molar refractivity (Wildman–Crippen MR) is 107 cm³/mol. The number of aromatic nitrogens is 1. The number of nitrogens with one attached hydrogen (secondary N) is 2. The minimum atomic E-state index is 0. The second-order valence-corrected chi connectivity index (χ2v) is 6.09. The van der Waals surface area contributed by atoms with Gasteiger partial charge in [0.2, 0.25) is 5.89 Å². The van der Waals surface area contributed by atoms with Gasteiger partial charge in [-0.2, -0.15) is 0 Å². The van der Waals surface area contributed by atoms with Gasteiger partial charge in [0.15, 0.2) is 5.96 Å². The minimum absolute atomic E-state index is 0. The van der Waals surface area contributed by atoms with Crippen LogP contribution in [0.3, 0.4) is 0 Å². The van der Waals surface area contributed by atoms with Gasteiger partial charge in [-0.25, -0.2) is 4.98 Å². The van der Waals surface area contributed by atoms with Gasteiger partial charge in [0, 0.05) is 13.6 Å². The van der Waals surface area contributed by atoms with Crippen LogP contribution in [-0.4, -0.2) is 37.2 Å². The molecular formula is C17H31IN4O2. The molecule has 0 aliphatic heterocycles. The van der Waals surface area contributed by atoms with Gasteiger partial charge in [-0.3, -0.25) is 4.99 Å². The second-order valence-electron chi connectivity index (χ2n) is 6.09. The van der Waals surface area contributed by atoms with Gasteiger partial charge in [0.05, 0.1) is 24.9 Å². The summed E-state index contributed by atoms with van der Waals surface area (Å²) in [5.41, 5.74) is 0.932. The minimum Gasteiger partial charge on any atom is -0.444 e. The van der Waals surface area contributed by atoms with Crippen LogP contribution in [0.1, 0.15) is 55.9 Å². The number of nitrogens with zero attached hydrogens (tertiary/aromatic N) is 2. The van der Waals surface area contributed by atoms with Crippen LogP contribution in [0.25, 0.3) is 0 Å². The number of ether oxygens (including phenoxy) is 1. The summed E-state index contributed by atoms with van der Waals surface area (Å²) in [4.78, 5) is 8.55. The van der Waals surface area contributed by atoms with Crippen LogP contribution in [0, 0.1) is 13.8 Å². The summed E-state index contributed by atoms with van der Waals surface area (Å²) in [5.74, 6) is 2.28. The molecule has 1 aliphatic carbocycles. The SMILES string of the molecule is CN=C(NCCOC1CCCCCC1)NCc1nc(C)c(C)o1.I. The Labute approximate surface area is 162 Å². The molecule has 0 atom stereocenters. The fourth-order valence-electron chi connectivity index (χ4n) is 2.80. The first-order valence-electron chi connectivity index (χ1n) is 8.68. The third kappa shape index (κ3) is 7.38. The van der Waals surface area contributed by atoms with Gasteiger partial charge < -0.3 is 19.8 Å². The molecule has 1 aliphatic rings. The van der Waals surface area contributed by atoms with Gasteiger partial charge in [-0.15, -0.1) is 24.0 Å². The van der Waals surface area contributed by atoms with Crippen LogP contribution in [0.4, 0.5) is 0 Å². The predicted octanol–water partition coefficient (Wildman–Crippen LogP) is 3.31. The maximum atomic E-state index is 5.96. The quantitative estimate of drug-likeness (QED) is 0.229. The monoisotopic (exact) mass is 450 g/mol. The molecule has 1 fully saturated rings. The Morgan fingerprint density at radius 1 is 1.21 bits per heavy atom. The molecule has 2 rings (SSSR count). The average Bonchev–Trinajstić information content (AvgIpc) is 2.75. The summed E-state index contributed by atoms with van der Waals surface area (Å²) < 4.78 is 11.5. The fourth-order valence-corrected chi connectivity index (χ4v) is 2.80. The number of guanidine groups is 1. The van der Waals surface area contributed by atoms with E-state index >= 15 is 0 Å². The van der Waals surface area contributed by atoms with Crippen LogP contribution in [0.2, 0.25) is 0 Å². The first kappa shape index (κ1) is 21.2. The van der Waals surface area contributed by atoms with Crippen molar-refractivity contribution in [1.29, 1.82) is 0 Å². The van der Waals surface area contributed by atoms with Crippen LogP contribution in [0.15, 0.2) is 9.41 Å². The van der Waals surface area contributed by atoms with Crippen molar-refractivity contribution in [2.24, 2.45) is 4.99 Å². The summed E-state index contributed by atoms with van der Waals surface area (Å²) in [5, 5.41) is 6.46. The van der Waals surface area contributed by atoms with E-state index in [4.69, 9.17) is 9.15 Å². The van der Waals surface area contributed by atoms with Gasteiger partial charge in [-0.1, -0.05) is 25.7 Å². The van der Waals surface area contributed by atoms with E-state index in [1.807, 2.05) is 13.8 Å². The molecule has 6 nitrogen and oxygen atoms in total. The maximum absolute atomic E-state index is 5.96. The lowest BCUT2D eigenvalue weighted by Gasteiger charge is -2.16. The van der Waals surface area contributed by atoms with E-state index in [0.717, 1.165) is 24.0 Å². The first-order chi connectivity index (χ1) is 11.2. The molecule has 0 saturated heterocycles. The van der Waals surface area contributed by atoms with Crippen LogP contribution >= 0.6 is 24.0 Å². The van der Waals surface area contributed by atoms with Crippen molar-refractivity contribution in [2.75, 3.05) is 20.2 Å². The van der Waals surface area contributed by atoms with Crippen molar-refractivity contribution in [3.8, 4) is 0 Å².